The summed E-state index contributed by atoms with van der Waals surface area (Å²) in [6, 6.07) is 8.85. The molecule has 24 heavy (non-hydrogen) atoms. The summed E-state index contributed by atoms with van der Waals surface area (Å²) < 4.78 is 22.9. The van der Waals surface area contributed by atoms with Gasteiger partial charge < -0.3 is 10.6 Å². The first-order chi connectivity index (χ1) is 11.5. The summed E-state index contributed by atoms with van der Waals surface area (Å²) in [5.74, 6) is 0.736. The maximum atomic E-state index is 11.4. The van der Waals surface area contributed by atoms with E-state index in [4.69, 9.17) is 0 Å². The molecule has 3 N–H and O–H groups in total. The third-order valence-electron chi connectivity index (χ3n) is 3.37. The average Bonchev–Trinajstić information content (AvgIpc) is 3.05. The number of aromatic amines is 1. The number of nitrogens with zero attached hydrogens (tertiary/aromatic N) is 2. The zero-order chi connectivity index (χ0) is 17.4. The molecule has 1 aromatic heterocycles. The van der Waals surface area contributed by atoms with Crippen LogP contribution < -0.4 is 10.6 Å². The SMILES string of the molecule is CCNC(=NCc1ccn[nH]1)NCCc1ccc(S(C)(=O)=O)cc1. The molecule has 0 spiro atoms. The van der Waals surface area contributed by atoms with Crippen LogP contribution in [0.5, 0.6) is 0 Å². The van der Waals surface area contributed by atoms with E-state index in [1.54, 1.807) is 18.3 Å². The lowest BCUT2D eigenvalue weighted by Crippen LogP contribution is -2.38. The smallest absolute Gasteiger partial charge is 0.191 e. The Morgan fingerprint density at radius 3 is 2.54 bits per heavy atom. The number of sulfone groups is 1. The molecular formula is C16H23N5O2S. The quantitative estimate of drug-likeness (QED) is 0.514. The minimum Gasteiger partial charge on any atom is -0.357 e. The Hall–Kier alpha value is -2.35. The van der Waals surface area contributed by atoms with Crippen molar-refractivity contribution in [3.63, 3.8) is 0 Å². The van der Waals surface area contributed by atoms with Crippen LogP contribution in [0.15, 0.2) is 46.4 Å². The van der Waals surface area contributed by atoms with Gasteiger partial charge in [0.15, 0.2) is 15.8 Å². The van der Waals surface area contributed by atoms with Crippen molar-refractivity contribution in [2.24, 2.45) is 4.99 Å². The van der Waals surface area contributed by atoms with E-state index in [0.717, 1.165) is 30.2 Å². The maximum absolute atomic E-state index is 11.4. The number of rotatable bonds is 7. The van der Waals surface area contributed by atoms with E-state index in [-0.39, 0.29) is 0 Å². The maximum Gasteiger partial charge on any atom is 0.191 e. The lowest BCUT2D eigenvalue weighted by atomic mass is 10.1. The molecule has 0 aliphatic heterocycles. The molecule has 0 unspecified atom stereocenters. The fourth-order valence-corrected chi connectivity index (χ4v) is 2.74. The van der Waals surface area contributed by atoms with Gasteiger partial charge in [0.25, 0.3) is 0 Å². The molecule has 2 rings (SSSR count). The van der Waals surface area contributed by atoms with E-state index < -0.39 is 9.84 Å². The first-order valence-corrected chi connectivity index (χ1v) is 9.67. The van der Waals surface area contributed by atoms with Gasteiger partial charge in [0.2, 0.25) is 0 Å². The second kappa shape index (κ2) is 8.49. The zero-order valence-corrected chi connectivity index (χ0v) is 14.7. The van der Waals surface area contributed by atoms with Crippen LogP contribution in [0.25, 0.3) is 0 Å². The van der Waals surface area contributed by atoms with E-state index in [9.17, 15) is 8.42 Å². The molecular weight excluding hydrogens is 326 g/mol. The van der Waals surface area contributed by atoms with Crippen LogP contribution in [-0.4, -0.2) is 43.9 Å². The lowest BCUT2D eigenvalue weighted by molar-refractivity contribution is 0.602. The molecule has 0 saturated heterocycles. The van der Waals surface area contributed by atoms with Crippen molar-refractivity contribution in [2.45, 2.75) is 24.8 Å². The van der Waals surface area contributed by atoms with Crippen LogP contribution in [0.4, 0.5) is 0 Å². The molecule has 0 aliphatic rings. The zero-order valence-electron chi connectivity index (χ0n) is 13.9. The Labute approximate surface area is 142 Å². The van der Waals surface area contributed by atoms with Crippen molar-refractivity contribution in [3.8, 4) is 0 Å². The Morgan fingerprint density at radius 1 is 1.21 bits per heavy atom. The summed E-state index contributed by atoms with van der Waals surface area (Å²) in [6.45, 7) is 4.01. The number of aromatic nitrogens is 2. The summed E-state index contributed by atoms with van der Waals surface area (Å²) in [5, 5.41) is 13.2. The Kier molecular flexibility index (Phi) is 6.36. The molecule has 2 aromatic rings. The van der Waals surface area contributed by atoms with Gasteiger partial charge in [-0.1, -0.05) is 12.1 Å². The highest BCUT2D eigenvalue weighted by atomic mass is 32.2. The van der Waals surface area contributed by atoms with Crippen molar-refractivity contribution in [1.82, 2.24) is 20.8 Å². The first kappa shape index (κ1) is 18.0. The lowest BCUT2D eigenvalue weighted by Gasteiger charge is -2.11. The highest BCUT2D eigenvalue weighted by Crippen LogP contribution is 2.10. The number of hydrogen-bond acceptors (Lipinski definition) is 4. The minimum absolute atomic E-state index is 0.341. The monoisotopic (exact) mass is 349 g/mol. The summed E-state index contributed by atoms with van der Waals surface area (Å²) in [4.78, 5) is 4.82. The molecule has 1 heterocycles. The van der Waals surface area contributed by atoms with E-state index in [2.05, 4.69) is 25.8 Å². The predicted octanol–water partition coefficient (Wildman–Crippen LogP) is 1.11. The minimum atomic E-state index is -3.14. The molecule has 0 aliphatic carbocycles. The molecule has 0 saturated carbocycles. The number of guanidine groups is 1. The van der Waals surface area contributed by atoms with Gasteiger partial charge in [0, 0.05) is 25.5 Å². The molecule has 0 bridgehead atoms. The number of aliphatic imine (C=N–C) groups is 1. The molecule has 1 aromatic carbocycles. The molecule has 0 amide bonds. The summed E-state index contributed by atoms with van der Waals surface area (Å²) in [7, 11) is -3.14. The van der Waals surface area contributed by atoms with E-state index >= 15 is 0 Å². The van der Waals surface area contributed by atoms with Crippen LogP contribution in [0.1, 0.15) is 18.2 Å². The second-order valence-corrected chi connectivity index (χ2v) is 7.39. The van der Waals surface area contributed by atoms with Crippen LogP contribution in [0.3, 0.4) is 0 Å². The molecule has 7 nitrogen and oxygen atoms in total. The van der Waals surface area contributed by atoms with Gasteiger partial charge in [-0.2, -0.15) is 5.10 Å². The van der Waals surface area contributed by atoms with Crippen LogP contribution >= 0.6 is 0 Å². The van der Waals surface area contributed by atoms with Gasteiger partial charge >= 0.3 is 0 Å². The van der Waals surface area contributed by atoms with Gasteiger partial charge in [-0.05, 0) is 37.1 Å². The number of H-pyrrole nitrogens is 1. The number of benzene rings is 1. The van der Waals surface area contributed by atoms with Crippen LogP contribution in [-0.2, 0) is 22.8 Å². The largest absolute Gasteiger partial charge is 0.357 e. The molecule has 130 valence electrons. The Bertz CT molecular complexity index is 752. The van der Waals surface area contributed by atoms with Gasteiger partial charge in [-0.25, -0.2) is 13.4 Å². The van der Waals surface area contributed by atoms with Crippen molar-refractivity contribution in [1.29, 1.82) is 0 Å². The third kappa shape index (κ3) is 5.69. The fraction of sp³-hybridized carbons (Fsp3) is 0.375. The Balaban J connectivity index is 1.87. The highest BCUT2D eigenvalue weighted by molar-refractivity contribution is 7.90. The number of nitrogens with one attached hydrogen (secondary N) is 3. The van der Waals surface area contributed by atoms with Gasteiger partial charge in [-0.15, -0.1) is 0 Å². The fourth-order valence-electron chi connectivity index (χ4n) is 2.11. The van der Waals surface area contributed by atoms with Crippen LogP contribution in [0, 0.1) is 0 Å². The van der Waals surface area contributed by atoms with E-state index in [1.807, 2.05) is 25.1 Å². The molecule has 0 radical (unpaired) electrons. The van der Waals surface area contributed by atoms with Crippen molar-refractivity contribution in [3.05, 3.63) is 47.8 Å². The first-order valence-electron chi connectivity index (χ1n) is 7.78. The van der Waals surface area contributed by atoms with Crippen molar-refractivity contribution in [2.75, 3.05) is 19.3 Å². The Morgan fingerprint density at radius 2 is 1.96 bits per heavy atom. The third-order valence-corrected chi connectivity index (χ3v) is 4.50. The van der Waals surface area contributed by atoms with Crippen molar-refractivity contribution >= 4 is 15.8 Å². The molecule has 0 atom stereocenters. The summed E-state index contributed by atoms with van der Waals surface area (Å²) in [6.07, 6.45) is 3.69. The van der Waals surface area contributed by atoms with Crippen molar-refractivity contribution < 1.29 is 8.42 Å². The predicted molar refractivity (Wildman–Crippen MR) is 94.7 cm³/mol. The van der Waals surface area contributed by atoms with Gasteiger partial charge in [-0.3, -0.25) is 5.10 Å². The van der Waals surface area contributed by atoms with Gasteiger partial charge in [0.05, 0.1) is 17.1 Å². The van der Waals surface area contributed by atoms with Crippen LogP contribution in [0.2, 0.25) is 0 Å². The van der Waals surface area contributed by atoms with E-state index in [1.165, 1.54) is 6.26 Å². The number of hydrogen-bond donors (Lipinski definition) is 3. The highest BCUT2D eigenvalue weighted by Gasteiger charge is 2.06. The summed E-state index contributed by atoms with van der Waals surface area (Å²) >= 11 is 0. The van der Waals surface area contributed by atoms with Gasteiger partial charge in [0.1, 0.15) is 0 Å². The second-order valence-electron chi connectivity index (χ2n) is 5.37. The topological polar surface area (TPSA) is 99.2 Å². The average molecular weight is 349 g/mol. The standard InChI is InChI=1S/C16H23N5O2S/c1-3-17-16(19-12-14-9-11-20-21-14)18-10-8-13-4-6-15(7-5-13)24(2,22)23/h4-7,9,11H,3,8,10,12H2,1-2H3,(H,20,21)(H2,17,18,19). The molecule has 8 heteroatoms. The molecule has 0 fully saturated rings. The summed E-state index contributed by atoms with van der Waals surface area (Å²) in [5.41, 5.74) is 2.02. The normalized spacial score (nSPS) is 12.2. The van der Waals surface area contributed by atoms with E-state index in [0.29, 0.717) is 18.0 Å².